The van der Waals surface area contributed by atoms with Crippen LogP contribution in [0, 0.1) is 0 Å². The predicted octanol–water partition coefficient (Wildman–Crippen LogP) is 1.31. The third kappa shape index (κ3) is 5.35. The van der Waals surface area contributed by atoms with Crippen molar-refractivity contribution in [3.05, 3.63) is 0 Å². The number of rotatable bonds is 8. The van der Waals surface area contributed by atoms with Gasteiger partial charge in [-0.05, 0) is 20.3 Å². The minimum Gasteiger partial charge on any atom is -0.480 e. The molecule has 1 unspecified atom stereocenters. The molecule has 0 bridgehead atoms. The fourth-order valence-electron chi connectivity index (χ4n) is 1.76. The van der Waals surface area contributed by atoms with Crippen LogP contribution in [0.5, 0.6) is 0 Å². The van der Waals surface area contributed by atoms with Crippen molar-refractivity contribution in [1.29, 1.82) is 0 Å². The van der Waals surface area contributed by atoms with E-state index in [4.69, 9.17) is 9.84 Å². The molecule has 0 rings (SSSR count). The highest BCUT2D eigenvalue weighted by Crippen LogP contribution is 2.03. The summed E-state index contributed by atoms with van der Waals surface area (Å²) < 4.78 is 5.00. The summed E-state index contributed by atoms with van der Waals surface area (Å²) in [5.41, 5.74) is 0. The summed E-state index contributed by atoms with van der Waals surface area (Å²) in [6.45, 7) is 6.53. The van der Waals surface area contributed by atoms with Crippen LogP contribution in [0.25, 0.3) is 0 Å². The molecule has 0 aromatic heterocycles. The Labute approximate surface area is 108 Å². The van der Waals surface area contributed by atoms with Crippen molar-refractivity contribution < 1.29 is 19.4 Å². The number of aliphatic carboxylic acids is 1. The van der Waals surface area contributed by atoms with Gasteiger partial charge >= 0.3 is 12.0 Å². The highest BCUT2D eigenvalue weighted by molar-refractivity contribution is 5.82. The molecule has 0 saturated heterocycles. The van der Waals surface area contributed by atoms with Gasteiger partial charge in [0.15, 0.2) is 0 Å². The summed E-state index contributed by atoms with van der Waals surface area (Å²) >= 11 is 0. The number of amides is 2. The molecule has 2 atom stereocenters. The normalized spacial score (nSPS) is 13.8. The molecule has 18 heavy (non-hydrogen) atoms. The Morgan fingerprint density at radius 1 is 1.39 bits per heavy atom. The summed E-state index contributed by atoms with van der Waals surface area (Å²) in [6, 6.07) is -1.27. The number of carbonyl (C=O) groups excluding carboxylic acids is 1. The van der Waals surface area contributed by atoms with Gasteiger partial charge in [-0.2, -0.15) is 0 Å². The molecule has 0 aromatic carbocycles. The average Bonchev–Trinajstić information content (AvgIpc) is 2.29. The van der Waals surface area contributed by atoms with Gasteiger partial charge in [0.25, 0.3) is 0 Å². The van der Waals surface area contributed by atoms with Crippen molar-refractivity contribution in [2.24, 2.45) is 0 Å². The lowest BCUT2D eigenvalue weighted by molar-refractivity contribution is -0.139. The van der Waals surface area contributed by atoms with Crippen LogP contribution in [0.1, 0.15) is 33.6 Å². The van der Waals surface area contributed by atoms with E-state index in [2.05, 4.69) is 5.32 Å². The lowest BCUT2D eigenvalue weighted by Gasteiger charge is -2.29. The van der Waals surface area contributed by atoms with Crippen molar-refractivity contribution in [3.8, 4) is 0 Å². The van der Waals surface area contributed by atoms with Crippen molar-refractivity contribution in [3.63, 3.8) is 0 Å². The molecule has 0 fully saturated rings. The smallest absolute Gasteiger partial charge is 0.326 e. The number of carboxylic acids is 1. The zero-order chi connectivity index (χ0) is 14.1. The van der Waals surface area contributed by atoms with E-state index < -0.39 is 12.0 Å². The molecule has 2 amide bonds. The Kier molecular flexibility index (Phi) is 8.11. The summed E-state index contributed by atoms with van der Waals surface area (Å²) in [5, 5.41) is 11.5. The fraction of sp³-hybridized carbons (Fsp3) is 0.833. The first-order valence-electron chi connectivity index (χ1n) is 6.26. The lowest BCUT2D eigenvalue weighted by Crippen LogP contribution is -2.51. The molecule has 0 aliphatic heterocycles. The summed E-state index contributed by atoms with van der Waals surface area (Å²) in [5.74, 6) is -0.999. The van der Waals surface area contributed by atoms with Gasteiger partial charge in [0.1, 0.15) is 6.04 Å². The quantitative estimate of drug-likeness (QED) is 0.689. The Morgan fingerprint density at radius 3 is 2.39 bits per heavy atom. The number of nitrogens with one attached hydrogen (secondary N) is 1. The maximum Gasteiger partial charge on any atom is 0.326 e. The van der Waals surface area contributed by atoms with Crippen molar-refractivity contribution >= 4 is 12.0 Å². The molecule has 6 heteroatoms. The number of likely N-dealkylation sites (N-methyl/N-ethyl adjacent to an activating group) is 1. The summed E-state index contributed by atoms with van der Waals surface area (Å²) in [7, 11) is 1.57. The second-order valence-electron chi connectivity index (χ2n) is 4.22. The maximum absolute atomic E-state index is 12.0. The molecular formula is C12H24N2O4. The fourth-order valence-corrected chi connectivity index (χ4v) is 1.76. The first kappa shape index (κ1) is 16.7. The first-order chi connectivity index (χ1) is 8.47. The zero-order valence-corrected chi connectivity index (χ0v) is 11.6. The van der Waals surface area contributed by atoms with Gasteiger partial charge in [0.2, 0.25) is 0 Å². The topological polar surface area (TPSA) is 78.9 Å². The minimum atomic E-state index is -0.999. The van der Waals surface area contributed by atoms with Crippen molar-refractivity contribution in [2.75, 3.05) is 20.3 Å². The Balaban J connectivity index is 4.53. The van der Waals surface area contributed by atoms with Crippen LogP contribution in [0.3, 0.4) is 0 Å². The molecule has 0 heterocycles. The van der Waals surface area contributed by atoms with Gasteiger partial charge in [-0.3, -0.25) is 0 Å². The van der Waals surface area contributed by atoms with Crippen LogP contribution < -0.4 is 5.32 Å². The van der Waals surface area contributed by atoms with E-state index in [0.717, 1.165) is 0 Å². The number of hydrogen-bond donors (Lipinski definition) is 2. The van der Waals surface area contributed by atoms with Crippen LogP contribution in [0.15, 0.2) is 0 Å². The maximum atomic E-state index is 12.0. The first-order valence-corrected chi connectivity index (χ1v) is 6.26. The standard InChI is InChI=1S/C12H24N2O4/c1-5-7-10(11(15)16)13-12(17)14(6-2)9(3)8-18-4/h9-10H,5-8H2,1-4H3,(H,13,17)(H,15,16)/t9?,10-/m0/s1. The number of methoxy groups -OCH3 is 1. The average molecular weight is 260 g/mol. The highest BCUT2D eigenvalue weighted by atomic mass is 16.5. The van der Waals surface area contributed by atoms with E-state index in [9.17, 15) is 9.59 Å². The third-order valence-electron chi connectivity index (χ3n) is 2.71. The Bertz CT molecular complexity index is 271. The number of carboxylic acid groups (broad SMARTS) is 1. The predicted molar refractivity (Wildman–Crippen MR) is 68.6 cm³/mol. The molecule has 106 valence electrons. The molecular weight excluding hydrogens is 236 g/mol. The van der Waals surface area contributed by atoms with Gasteiger partial charge in [-0.1, -0.05) is 13.3 Å². The molecule has 0 aliphatic rings. The SMILES string of the molecule is CCC[C@H](NC(=O)N(CC)C(C)COC)C(=O)O. The van der Waals surface area contributed by atoms with Crippen molar-refractivity contribution in [1.82, 2.24) is 10.2 Å². The Morgan fingerprint density at radius 2 is 2.00 bits per heavy atom. The van der Waals surface area contributed by atoms with E-state index in [-0.39, 0.29) is 12.1 Å². The number of carbonyl (C=O) groups is 2. The molecule has 0 spiro atoms. The number of ether oxygens (including phenoxy) is 1. The largest absolute Gasteiger partial charge is 0.480 e. The molecule has 0 aliphatic carbocycles. The van der Waals surface area contributed by atoms with Crippen LogP contribution in [0.2, 0.25) is 0 Å². The van der Waals surface area contributed by atoms with Crippen LogP contribution in [-0.4, -0.2) is 54.4 Å². The lowest BCUT2D eigenvalue weighted by atomic mass is 10.2. The van der Waals surface area contributed by atoms with Crippen LogP contribution in [0.4, 0.5) is 4.79 Å². The minimum absolute atomic E-state index is 0.0870. The summed E-state index contributed by atoms with van der Waals surface area (Å²) in [6.07, 6.45) is 1.13. The number of nitrogens with zero attached hydrogens (tertiary/aromatic N) is 1. The molecule has 0 radical (unpaired) electrons. The van der Waals surface area contributed by atoms with E-state index in [1.165, 1.54) is 0 Å². The van der Waals surface area contributed by atoms with Gasteiger partial charge in [0, 0.05) is 13.7 Å². The molecule has 0 aromatic rings. The van der Waals surface area contributed by atoms with E-state index >= 15 is 0 Å². The second kappa shape index (κ2) is 8.74. The van der Waals surface area contributed by atoms with Crippen LogP contribution >= 0.6 is 0 Å². The second-order valence-corrected chi connectivity index (χ2v) is 4.22. The third-order valence-corrected chi connectivity index (χ3v) is 2.71. The van der Waals surface area contributed by atoms with Gasteiger partial charge in [0.05, 0.1) is 12.6 Å². The van der Waals surface area contributed by atoms with Crippen LogP contribution in [-0.2, 0) is 9.53 Å². The molecule has 2 N–H and O–H groups in total. The van der Waals surface area contributed by atoms with Gasteiger partial charge < -0.3 is 20.1 Å². The number of hydrogen-bond acceptors (Lipinski definition) is 3. The zero-order valence-electron chi connectivity index (χ0n) is 11.6. The molecule has 0 saturated carbocycles. The monoisotopic (exact) mass is 260 g/mol. The van der Waals surface area contributed by atoms with Crippen molar-refractivity contribution in [2.45, 2.75) is 45.7 Å². The van der Waals surface area contributed by atoms with Gasteiger partial charge in [-0.25, -0.2) is 9.59 Å². The molecule has 6 nitrogen and oxygen atoms in total. The van der Waals surface area contributed by atoms with Gasteiger partial charge in [-0.15, -0.1) is 0 Å². The Hall–Kier alpha value is -1.30. The van der Waals surface area contributed by atoms with E-state index in [0.29, 0.717) is 26.0 Å². The van der Waals surface area contributed by atoms with E-state index in [1.807, 2.05) is 20.8 Å². The number of urea groups is 1. The van der Waals surface area contributed by atoms with E-state index in [1.54, 1.807) is 12.0 Å². The highest BCUT2D eigenvalue weighted by Gasteiger charge is 2.24. The summed E-state index contributed by atoms with van der Waals surface area (Å²) in [4.78, 5) is 24.5.